The van der Waals surface area contributed by atoms with Crippen LogP contribution in [0.5, 0.6) is 0 Å². The minimum absolute atomic E-state index is 0.0998. The van der Waals surface area contributed by atoms with Crippen LogP contribution in [0.15, 0.2) is 59.1 Å². The Labute approximate surface area is 134 Å². The summed E-state index contributed by atoms with van der Waals surface area (Å²) < 4.78 is 0.941. The molecule has 2 aromatic carbocycles. The van der Waals surface area contributed by atoms with Crippen LogP contribution in [-0.4, -0.2) is 5.91 Å². The van der Waals surface area contributed by atoms with E-state index in [1.165, 1.54) is 0 Å². The van der Waals surface area contributed by atoms with Crippen molar-refractivity contribution >= 4 is 33.6 Å². The highest BCUT2D eigenvalue weighted by atomic mass is 79.9. The SMILES string of the molecule is CCC/C=C/c1ccc(C(=O)Nc2cccc(Br)c2)cc1. The standard InChI is InChI=1S/C18H18BrNO/c1-2-3-4-6-14-9-11-15(12-10-14)18(21)20-17-8-5-7-16(19)13-17/h4-13H,2-3H2,1H3,(H,20,21)/b6-4+. The number of amides is 1. The summed E-state index contributed by atoms with van der Waals surface area (Å²) in [7, 11) is 0. The Morgan fingerprint density at radius 2 is 1.95 bits per heavy atom. The molecule has 2 aromatic rings. The monoisotopic (exact) mass is 343 g/mol. The Bertz CT molecular complexity index is 632. The van der Waals surface area contributed by atoms with E-state index in [4.69, 9.17) is 0 Å². The van der Waals surface area contributed by atoms with E-state index in [-0.39, 0.29) is 5.91 Å². The van der Waals surface area contributed by atoms with Gasteiger partial charge in [0.15, 0.2) is 0 Å². The van der Waals surface area contributed by atoms with Crippen LogP contribution >= 0.6 is 15.9 Å². The van der Waals surface area contributed by atoms with E-state index >= 15 is 0 Å². The maximum Gasteiger partial charge on any atom is 0.255 e. The van der Waals surface area contributed by atoms with Crippen molar-refractivity contribution in [3.63, 3.8) is 0 Å². The van der Waals surface area contributed by atoms with Crippen molar-refractivity contribution in [2.75, 3.05) is 5.32 Å². The summed E-state index contributed by atoms with van der Waals surface area (Å²) in [5, 5.41) is 2.88. The summed E-state index contributed by atoms with van der Waals surface area (Å²) in [6, 6.07) is 15.2. The second kappa shape index (κ2) is 7.79. The van der Waals surface area contributed by atoms with Gasteiger partial charge in [-0.25, -0.2) is 0 Å². The molecule has 0 heterocycles. The van der Waals surface area contributed by atoms with Crippen molar-refractivity contribution in [3.05, 3.63) is 70.2 Å². The van der Waals surface area contributed by atoms with E-state index < -0.39 is 0 Å². The molecule has 0 aliphatic rings. The van der Waals surface area contributed by atoms with Crippen molar-refractivity contribution in [2.24, 2.45) is 0 Å². The summed E-state index contributed by atoms with van der Waals surface area (Å²) in [6.45, 7) is 2.15. The third-order valence-corrected chi connectivity index (χ3v) is 3.51. The number of rotatable bonds is 5. The first-order valence-electron chi connectivity index (χ1n) is 7.02. The van der Waals surface area contributed by atoms with Crippen molar-refractivity contribution in [1.29, 1.82) is 0 Å². The van der Waals surface area contributed by atoms with Crippen LogP contribution in [0.3, 0.4) is 0 Å². The van der Waals surface area contributed by atoms with Crippen molar-refractivity contribution in [3.8, 4) is 0 Å². The number of anilines is 1. The number of allylic oxidation sites excluding steroid dienone is 1. The van der Waals surface area contributed by atoms with Gasteiger partial charge in [0.25, 0.3) is 5.91 Å². The Kier molecular flexibility index (Phi) is 5.76. The number of carbonyl (C=O) groups is 1. The first-order valence-corrected chi connectivity index (χ1v) is 7.82. The summed E-state index contributed by atoms with van der Waals surface area (Å²) in [5.74, 6) is -0.0998. The van der Waals surface area contributed by atoms with Gasteiger partial charge in [0.05, 0.1) is 0 Å². The Balaban J connectivity index is 2.03. The van der Waals surface area contributed by atoms with E-state index in [1.54, 1.807) is 0 Å². The zero-order chi connectivity index (χ0) is 15.1. The maximum atomic E-state index is 12.2. The largest absolute Gasteiger partial charge is 0.322 e. The van der Waals surface area contributed by atoms with Gasteiger partial charge in [0.1, 0.15) is 0 Å². The van der Waals surface area contributed by atoms with Crippen molar-refractivity contribution < 1.29 is 4.79 Å². The molecule has 0 aliphatic heterocycles. The number of hydrogen-bond donors (Lipinski definition) is 1. The molecule has 0 unspecified atom stereocenters. The molecule has 2 rings (SSSR count). The van der Waals surface area contributed by atoms with Crippen LogP contribution < -0.4 is 5.32 Å². The Morgan fingerprint density at radius 3 is 2.62 bits per heavy atom. The van der Waals surface area contributed by atoms with Gasteiger partial charge in [-0.05, 0) is 42.3 Å². The summed E-state index contributed by atoms with van der Waals surface area (Å²) >= 11 is 3.39. The molecule has 3 heteroatoms. The highest BCUT2D eigenvalue weighted by Crippen LogP contribution is 2.17. The van der Waals surface area contributed by atoms with E-state index in [9.17, 15) is 4.79 Å². The second-order valence-corrected chi connectivity index (χ2v) is 5.69. The van der Waals surface area contributed by atoms with E-state index in [0.29, 0.717) is 5.56 Å². The van der Waals surface area contributed by atoms with Gasteiger partial charge in [-0.1, -0.05) is 59.6 Å². The fraction of sp³-hybridized carbons (Fsp3) is 0.167. The Morgan fingerprint density at radius 1 is 1.19 bits per heavy atom. The smallest absolute Gasteiger partial charge is 0.255 e. The van der Waals surface area contributed by atoms with Gasteiger partial charge in [0, 0.05) is 15.7 Å². The molecular weight excluding hydrogens is 326 g/mol. The molecule has 0 radical (unpaired) electrons. The highest BCUT2D eigenvalue weighted by molar-refractivity contribution is 9.10. The fourth-order valence-corrected chi connectivity index (χ4v) is 2.30. The van der Waals surface area contributed by atoms with Crippen molar-refractivity contribution in [2.45, 2.75) is 19.8 Å². The zero-order valence-corrected chi connectivity index (χ0v) is 13.6. The average molecular weight is 344 g/mol. The molecule has 1 N–H and O–H groups in total. The number of nitrogens with one attached hydrogen (secondary N) is 1. The predicted molar refractivity (Wildman–Crippen MR) is 92.5 cm³/mol. The molecule has 0 aliphatic carbocycles. The number of halogens is 1. The van der Waals surface area contributed by atoms with Crippen LogP contribution in [0.4, 0.5) is 5.69 Å². The predicted octanol–water partition coefficient (Wildman–Crippen LogP) is 5.51. The van der Waals surface area contributed by atoms with Crippen LogP contribution in [0.2, 0.25) is 0 Å². The van der Waals surface area contributed by atoms with E-state index in [2.05, 4.69) is 40.3 Å². The maximum absolute atomic E-state index is 12.2. The molecule has 0 saturated carbocycles. The lowest BCUT2D eigenvalue weighted by Gasteiger charge is -2.06. The number of carbonyl (C=O) groups excluding carboxylic acids is 1. The minimum Gasteiger partial charge on any atom is -0.322 e. The molecular formula is C18H18BrNO. The van der Waals surface area contributed by atoms with Gasteiger partial charge in [-0.3, -0.25) is 4.79 Å². The molecule has 21 heavy (non-hydrogen) atoms. The third kappa shape index (κ3) is 4.87. The van der Waals surface area contributed by atoms with Crippen LogP contribution in [-0.2, 0) is 0 Å². The molecule has 0 saturated heterocycles. The first-order chi connectivity index (χ1) is 10.2. The molecule has 1 amide bonds. The summed E-state index contributed by atoms with van der Waals surface area (Å²) in [5.41, 5.74) is 2.55. The quantitative estimate of drug-likeness (QED) is 0.761. The average Bonchev–Trinajstić information content (AvgIpc) is 2.48. The molecule has 2 nitrogen and oxygen atoms in total. The van der Waals surface area contributed by atoms with Gasteiger partial charge in [-0.15, -0.1) is 0 Å². The molecule has 0 atom stereocenters. The normalized spacial score (nSPS) is 10.8. The first kappa shape index (κ1) is 15.5. The number of unbranched alkanes of at least 4 members (excludes halogenated alkanes) is 1. The zero-order valence-electron chi connectivity index (χ0n) is 12.0. The molecule has 0 spiro atoms. The third-order valence-electron chi connectivity index (χ3n) is 3.02. The highest BCUT2D eigenvalue weighted by Gasteiger charge is 2.05. The minimum atomic E-state index is -0.0998. The number of benzene rings is 2. The van der Waals surface area contributed by atoms with Gasteiger partial charge in [-0.2, -0.15) is 0 Å². The second-order valence-electron chi connectivity index (χ2n) is 4.78. The lowest BCUT2D eigenvalue weighted by molar-refractivity contribution is 0.102. The van der Waals surface area contributed by atoms with E-state index in [0.717, 1.165) is 28.6 Å². The summed E-state index contributed by atoms with van der Waals surface area (Å²) in [4.78, 5) is 12.2. The lowest BCUT2D eigenvalue weighted by Crippen LogP contribution is -2.11. The topological polar surface area (TPSA) is 29.1 Å². The van der Waals surface area contributed by atoms with Crippen molar-refractivity contribution in [1.82, 2.24) is 0 Å². The molecule has 0 bridgehead atoms. The van der Waals surface area contributed by atoms with E-state index in [1.807, 2.05) is 48.5 Å². The molecule has 0 aromatic heterocycles. The molecule has 108 valence electrons. The lowest BCUT2D eigenvalue weighted by atomic mass is 10.1. The van der Waals surface area contributed by atoms with Crippen LogP contribution in [0.1, 0.15) is 35.7 Å². The van der Waals surface area contributed by atoms with Gasteiger partial charge < -0.3 is 5.32 Å². The van der Waals surface area contributed by atoms with Gasteiger partial charge in [0.2, 0.25) is 0 Å². The fourth-order valence-electron chi connectivity index (χ4n) is 1.90. The van der Waals surface area contributed by atoms with Crippen LogP contribution in [0, 0.1) is 0 Å². The Hall–Kier alpha value is -1.87. The van der Waals surface area contributed by atoms with Crippen LogP contribution in [0.25, 0.3) is 6.08 Å². The molecule has 0 fully saturated rings. The number of hydrogen-bond acceptors (Lipinski definition) is 1. The van der Waals surface area contributed by atoms with Gasteiger partial charge >= 0.3 is 0 Å². The summed E-state index contributed by atoms with van der Waals surface area (Å²) in [6.07, 6.45) is 6.45.